The molecule has 0 aliphatic carbocycles. The van der Waals surface area contributed by atoms with Crippen molar-refractivity contribution in [1.82, 2.24) is 9.88 Å². The standard InChI is InChI=1S/C15H18BrN3O2/c1-2-7-17-10-14-4-3-8-18(14)11-12-5-6-13(16)9-15(12)19(20)21/h3-6,8-9,17H,2,7,10-11H2,1H3. The van der Waals surface area contributed by atoms with Crippen LogP contribution in [0.25, 0.3) is 0 Å². The number of nitrogens with one attached hydrogen (secondary N) is 1. The molecule has 5 nitrogen and oxygen atoms in total. The van der Waals surface area contributed by atoms with E-state index in [1.54, 1.807) is 12.1 Å². The molecule has 6 heteroatoms. The number of halogens is 1. The zero-order valence-electron chi connectivity index (χ0n) is 11.9. The Hall–Kier alpha value is -1.66. The summed E-state index contributed by atoms with van der Waals surface area (Å²) < 4.78 is 2.76. The lowest BCUT2D eigenvalue weighted by atomic mass is 10.2. The zero-order valence-corrected chi connectivity index (χ0v) is 13.5. The summed E-state index contributed by atoms with van der Waals surface area (Å²) in [5, 5.41) is 14.5. The maximum atomic E-state index is 11.2. The van der Waals surface area contributed by atoms with Crippen molar-refractivity contribution >= 4 is 21.6 Å². The lowest BCUT2D eigenvalue weighted by Crippen LogP contribution is -2.17. The second kappa shape index (κ2) is 7.38. The van der Waals surface area contributed by atoms with Crippen molar-refractivity contribution in [3.8, 4) is 0 Å². The van der Waals surface area contributed by atoms with Crippen LogP contribution in [0.4, 0.5) is 5.69 Å². The molecule has 0 amide bonds. The molecule has 0 saturated heterocycles. The van der Waals surface area contributed by atoms with E-state index in [0.29, 0.717) is 12.1 Å². The molecule has 1 N–H and O–H groups in total. The topological polar surface area (TPSA) is 60.1 Å². The molecule has 0 radical (unpaired) electrons. The first kappa shape index (κ1) is 15.7. The van der Waals surface area contributed by atoms with E-state index in [1.165, 1.54) is 0 Å². The van der Waals surface area contributed by atoms with Gasteiger partial charge in [-0.2, -0.15) is 0 Å². The average Bonchev–Trinajstić information content (AvgIpc) is 2.88. The fraction of sp³-hybridized carbons (Fsp3) is 0.333. The van der Waals surface area contributed by atoms with Crippen LogP contribution in [0.15, 0.2) is 41.0 Å². The van der Waals surface area contributed by atoms with E-state index in [-0.39, 0.29) is 10.6 Å². The molecular formula is C15H18BrN3O2. The minimum atomic E-state index is -0.335. The molecule has 2 rings (SSSR count). The van der Waals surface area contributed by atoms with Gasteiger partial charge in [-0.05, 0) is 37.2 Å². The second-order valence-corrected chi connectivity index (χ2v) is 5.75. The van der Waals surface area contributed by atoms with Gasteiger partial charge in [0.2, 0.25) is 0 Å². The highest BCUT2D eigenvalue weighted by molar-refractivity contribution is 9.10. The number of nitro groups is 1. The molecule has 21 heavy (non-hydrogen) atoms. The van der Waals surface area contributed by atoms with Crippen molar-refractivity contribution in [2.24, 2.45) is 0 Å². The Morgan fingerprint density at radius 2 is 2.19 bits per heavy atom. The van der Waals surface area contributed by atoms with E-state index < -0.39 is 0 Å². The van der Waals surface area contributed by atoms with Crippen LogP contribution >= 0.6 is 15.9 Å². The summed E-state index contributed by atoms with van der Waals surface area (Å²) in [7, 11) is 0. The monoisotopic (exact) mass is 351 g/mol. The van der Waals surface area contributed by atoms with E-state index in [2.05, 4.69) is 28.2 Å². The fourth-order valence-corrected chi connectivity index (χ4v) is 2.53. The molecule has 0 bridgehead atoms. The van der Waals surface area contributed by atoms with Gasteiger partial charge >= 0.3 is 0 Å². The average molecular weight is 352 g/mol. The predicted octanol–water partition coefficient (Wildman–Crippen LogP) is 3.71. The summed E-state index contributed by atoms with van der Waals surface area (Å²) in [5.41, 5.74) is 1.97. The lowest BCUT2D eigenvalue weighted by molar-refractivity contribution is -0.385. The van der Waals surface area contributed by atoms with Gasteiger partial charge in [0.15, 0.2) is 0 Å². The summed E-state index contributed by atoms with van der Waals surface area (Å²) in [4.78, 5) is 10.8. The highest BCUT2D eigenvalue weighted by Gasteiger charge is 2.15. The van der Waals surface area contributed by atoms with Crippen LogP contribution in [-0.4, -0.2) is 16.0 Å². The van der Waals surface area contributed by atoms with Gasteiger partial charge in [0.25, 0.3) is 5.69 Å². The SMILES string of the molecule is CCCNCc1cccn1Cc1ccc(Br)cc1[N+](=O)[O-]. The number of hydrogen-bond donors (Lipinski definition) is 1. The van der Waals surface area contributed by atoms with Crippen molar-refractivity contribution in [2.75, 3.05) is 6.54 Å². The first-order chi connectivity index (χ1) is 10.1. The fourth-order valence-electron chi connectivity index (χ4n) is 2.18. The Morgan fingerprint density at radius 1 is 1.38 bits per heavy atom. The van der Waals surface area contributed by atoms with Crippen LogP contribution in [0, 0.1) is 10.1 Å². The normalized spacial score (nSPS) is 10.8. The van der Waals surface area contributed by atoms with Crippen molar-refractivity contribution < 1.29 is 4.92 Å². The van der Waals surface area contributed by atoms with Gasteiger partial charge in [0.1, 0.15) is 0 Å². The molecule has 0 unspecified atom stereocenters. The number of rotatable bonds is 7. The molecule has 0 aliphatic heterocycles. The highest BCUT2D eigenvalue weighted by atomic mass is 79.9. The van der Waals surface area contributed by atoms with Gasteiger partial charge in [-0.3, -0.25) is 10.1 Å². The van der Waals surface area contributed by atoms with Gasteiger partial charge < -0.3 is 9.88 Å². The Labute approximate surface area is 132 Å². The van der Waals surface area contributed by atoms with Crippen LogP contribution in [0.2, 0.25) is 0 Å². The third-order valence-electron chi connectivity index (χ3n) is 3.24. The second-order valence-electron chi connectivity index (χ2n) is 4.83. The third kappa shape index (κ3) is 4.15. The molecule has 0 atom stereocenters. The molecular weight excluding hydrogens is 334 g/mol. The predicted molar refractivity (Wildman–Crippen MR) is 86.3 cm³/mol. The molecule has 0 fully saturated rings. The minimum absolute atomic E-state index is 0.144. The van der Waals surface area contributed by atoms with Gasteiger partial charge in [-0.25, -0.2) is 0 Å². The van der Waals surface area contributed by atoms with Gasteiger partial charge in [0.05, 0.1) is 11.5 Å². The summed E-state index contributed by atoms with van der Waals surface area (Å²) >= 11 is 3.28. The first-order valence-corrected chi connectivity index (χ1v) is 7.68. The number of hydrogen-bond acceptors (Lipinski definition) is 3. The van der Waals surface area contributed by atoms with Crippen molar-refractivity contribution in [2.45, 2.75) is 26.4 Å². The van der Waals surface area contributed by atoms with Crippen LogP contribution in [0.3, 0.4) is 0 Å². The van der Waals surface area contributed by atoms with Crippen LogP contribution in [-0.2, 0) is 13.1 Å². The van der Waals surface area contributed by atoms with Gasteiger partial charge in [-0.15, -0.1) is 0 Å². The molecule has 0 saturated carbocycles. The maximum absolute atomic E-state index is 11.2. The minimum Gasteiger partial charge on any atom is -0.346 e. The first-order valence-electron chi connectivity index (χ1n) is 6.89. The summed E-state index contributed by atoms with van der Waals surface area (Å²) in [6.45, 7) is 4.35. The van der Waals surface area contributed by atoms with Gasteiger partial charge in [-0.1, -0.05) is 22.9 Å². The lowest BCUT2D eigenvalue weighted by Gasteiger charge is -2.10. The van der Waals surface area contributed by atoms with Crippen molar-refractivity contribution in [3.05, 3.63) is 62.4 Å². The van der Waals surface area contributed by atoms with E-state index >= 15 is 0 Å². The Kier molecular flexibility index (Phi) is 5.52. The molecule has 0 aliphatic rings. The van der Waals surface area contributed by atoms with Gasteiger partial charge in [0, 0.05) is 34.5 Å². The molecule has 112 valence electrons. The molecule has 1 aromatic carbocycles. The summed E-state index contributed by atoms with van der Waals surface area (Å²) in [6, 6.07) is 9.18. The molecule has 0 spiro atoms. The quantitative estimate of drug-likeness (QED) is 0.470. The van der Waals surface area contributed by atoms with Crippen LogP contribution in [0.1, 0.15) is 24.6 Å². The van der Waals surface area contributed by atoms with Crippen molar-refractivity contribution in [3.63, 3.8) is 0 Å². The molecule has 1 aromatic heterocycles. The number of aromatic nitrogens is 1. The summed E-state index contributed by atoms with van der Waals surface area (Å²) in [6.07, 6.45) is 3.04. The third-order valence-corrected chi connectivity index (χ3v) is 3.73. The number of nitrogens with zero attached hydrogens (tertiary/aromatic N) is 2. The van der Waals surface area contributed by atoms with E-state index in [9.17, 15) is 10.1 Å². The smallest absolute Gasteiger partial charge is 0.275 e. The Bertz CT molecular complexity index is 625. The van der Waals surface area contributed by atoms with E-state index in [0.717, 1.165) is 29.7 Å². The number of nitro benzene ring substituents is 1. The van der Waals surface area contributed by atoms with Crippen LogP contribution < -0.4 is 5.32 Å². The van der Waals surface area contributed by atoms with E-state index in [1.807, 2.05) is 29.0 Å². The zero-order chi connectivity index (χ0) is 15.2. The largest absolute Gasteiger partial charge is 0.346 e. The summed E-state index contributed by atoms with van der Waals surface area (Å²) in [5.74, 6) is 0. The highest BCUT2D eigenvalue weighted by Crippen LogP contribution is 2.24. The Morgan fingerprint density at radius 3 is 2.90 bits per heavy atom. The Balaban J connectivity index is 2.19. The number of benzene rings is 1. The maximum Gasteiger partial charge on any atom is 0.275 e. The van der Waals surface area contributed by atoms with Crippen molar-refractivity contribution in [1.29, 1.82) is 0 Å². The van der Waals surface area contributed by atoms with Crippen LogP contribution in [0.5, 0.6) is 0 Å². The van der Waals surface area contributed by atoms with E-state index in [4.69, 9.17) is 0 Å². The molecule has 2 aromatic rings. The molecule has 1 heterocycles.